The zero-order valence-corrected chi connectivity index (χ0v) is 7.25. The van der Waals surface area contributed by atoms with Crippen LogP contribution in [0, 0.1) is 6.92 Å². The predicted molar refractivity (Wildman–Crippen MR) is 46.6 cm³/mol. The Morgan fingerprint density at radius 3 is 3.00 bits per heavy atom. The highest BCUT2D eigenvalue weighted by atomic mass is 16.3. The number of aliphatic hydroxyl groups excluding tert-OH is 1. The number of nitrogens with two attached hydrogens (primary N) is 1. The highest BCUT2D eigenvalue weighted by Gasteiger charge is 2.09. The number of hydrogen-bond donors (Lipinski definition) is 3. The van der Waals surface area contributed by atoms with Gasteiger partial charge in [0.05, 0.1) is 11.8 Å². The molecule has 0 amide bonds. The van der Waals surface area contributed by atoms with Crippen LogP contribution in [-0.4, -0.2) is 21.8 Å². The van der Waals surface area contributed by atoms with E-state index in [4.69, 9.17) is 5.73 Å². The molecule has 0 saturated heterocycles. The molecule has 4 N–H and O–H groups in total. The first-order chi connectivity index (χ1) is 5.74. The second-order valence-corrected chi connectivity index (χ2v) is 2.92. The van der Waals surface area contributed by atoms with Crippen molar-refractivity contribution in [2.24, 2.45) is 5.73 Å². The molecule has 1 unspecified atom stereocenters. The third-order valence-electron chi connectivity index (χ3n) is 1.75. The van der Waals surface area contributed by atoms with Crippen molar-refractivity contribution in [3.63, 3.8) is 0 Å². The molecule has 0 bridgehead atoms. The number of aryl methyl sites for hydroxylation is 1. The fraction of sp³-hybridized carbons (Fsp3) is 0.625. The van der Waals surface area contributed by atoms with E-state index in [9.17, 15) is 5.11 Å². The Morgan fingerprint density at radius 1 is 1.75 bits per heavy atom. The molecule has 0 aliphatic heterocycles. The molecule has 1 aromatic rings. The third kappa shape index (κ3) is 2.32. The van der Waals surface area contributed by atoms with Gasteiger partial charge in [-0.05, 0) is 32.4 Å². The van der Waals surface area contributed by atoms with Gasteiger partial charge >= 0.3 is 0 Å². The van der Waals surface area contributed by atoms with E-state index in [1.54, 1.807) is 0 Å². The minimum absolute atomic E-state index is 0.474. The van der Waals surface area contributed by atoms with Crippen LogP contribution in [0.1, 0.15) is 30.3 Å². The van der Waals surface area contributed by atoms with E-state index in [0.717, 1.165) is 12.1 Å². The van der Waals surface area contributed by atoms with Gasteiger partial charge in [0.1, 0.15) is 0 Å². The number of aliphatic hydroxyl groups is 1. The Labute approximate surface area is 71.8 Å². The summed E-state index contributed by atoms with van der Waals surface area (Å²) in [4.78, 5) is 0. The molecule has 68 valence electrons. The van der Waals surface area contributed by atoms with Crippen LogP contribution in [-0.2, 0) is 0 Å². The molecule has 1 rings (SSSR count). The first-order valence-corrected chi connectivity index (χ1v) is 4.14. The average molecular weight is 169 g/mol. The van der Waals surface area contributed by atoms with Crippen LogP contribution in [0.5, 0.6) is 0 Å². The summed E-state index contributed by atoms with van der Waals surface area (Å²) in [5, 5.41) is 16.3. The molecule has 0 aromatic carbocycles. The Morgan fingerprint density at radius 2 is 2.50 bits per heavy atom. The van der Waals surface area contributed by atoms with Gasteiger partial charge in [-0.1, -0.05) is 0 Å². The van der Waals surface area contributed by atoms with Crippen LogP contribution >= 0.6 is 0 Å². The fourth-order valence-electron chi connectivity index (χ4n) is 1.07. The highest BCUT2D eigenvalue weighted by Crippen LogP contribution is 2.15. The van der Waals surface area contributed by atoms with E-state index in [1.165, 1.54) is 0 Å². The number of H-pyrrole nitrogens is 1. The summed E-state index contributed by atoms with van der Waals surface area (Å²) in [6, 6.07) is 1.85. The summed E-state index contributed by atoms with van der Waals surface area (Å²) in [5.74, 6) is 0. The standard InChI is InChI=1S/C8H15N3O/c1-6-5-7(11-10-6)8(12)3-2-4-9/h5,8,12H,2-4,9H2,1H3,(H,10,11). The molecule has 0 radical (unpaired) electrons. The lowest BCUT2D eigenvalue weighted by molar-refractivity contribution is 0.160. The lowest BCUT2D eigenvalue weighted by Crippen LogP contribution is -2.03. The number of nitrogens with zero attached hydrogens (tertiary/aromatic N) is 1. The second-order valence-electron chi connectivity index (χ2n) is 2.92. The van der Waals surface area contributed by atoms with Gasteiger partial charge in [0.25, 0.3) is 0 Å². The number of rotatable bonds is 4. The van der Waals surface area contributed by atoms with E-state index in [-0.39, 0.29) is 0 Å². The molecule has 0 saturated carbocycles. The zero-order chi connectivity index (χ0) is 8.97. The average Bonchev–Trinajstić information content (AvgIpc) is 2.47. The monoisotopic (exact) mass is 169 g/mol. The molecule has 4 heteroatoms. The molecule has 1 atom stereocenters. The minimum atomic E-state index is -0.474. The summed E-state index contributed by atoms with van der Waals surface area (Å²) in [6.07, 6.45) is 1.03. The maximum absolute atomic E-state index is 9.53. The summed E-state index contributed by atoms with van der Waals surface area (Å²) in [6.45, 7) is 2.52. The zero-order valence-electron chi connectivity index (χ0n) is 7.25. The number of aromatic amines is 1. The van der Waals surface area contributed by atoms with Crippen molar-refractivity contribution in [3.8, 4) is 0 Å². The van der Waals surface area contributed by atoms with Crippen molar-refractivity contribution in [2.75, 3.05) is 6.54 Å². The third-order valence-corrected chi connectivity index (χ3v) is 1.75. The number of aromatic nitrogens is 2. The molecule has 0 aliphatic rings. The predicted octanol–water partition coefficient (Wildman–Crippen LogP) is 0.490. The van der Waals surface area contributed by atoms with Gasteiger partial charge in [-0.25, -0.2) is 0 Å². The Kier molecular flexibility index (Phi) is 3.25. The number of nitrogens with one attached hydrogen (secondary N) is 1. The van der Waals surface area contributed by atoms with Gasteiger partial charge in [-0.2, -0.15) is 5.10 Å². The SMILES string of the molecule is Cc1cc(C(O)CCCN)n[nH]1. The molecule has 0 fully saturated rings. The topological polar surface area (TPSA) is 74.9 Å². The van der Waals surface area contributed by atoms with Crippen molar-refractivity contribution in [1.29, 1.82) is 0 Å². The molecule has 0 spiro atoms. The molecule has 0 aliphatic carbocycles. The van der Waals surface area contributed by atoms with Crippen molar-refractivity contribution in [1.82, 2.24) is 10.2 Å². The normalized spacial score (nSPS) is 13.2. The van der Waals surface area contributed by atoms with Crippen molar-refractivity contribution < 1.29 is 5.11 Å². The van der Waals surface area contributed by atoms with Crippen LogP contribution in [0.15, 0.2) is 6.07 Å². The van der Waals surface area contributed by atoms with Gasteiger partial charge in [-0.3, -0.25) is 5.10 Å². The largest absolute Gasteiger partial charge is 0.387 e. The molecular formula is C8H15N3O. The van der Waals surface area contributed by atoms with E-state index in [2.05, 4.69) is 10.2 Å². The maximum atomic E-state index is 9.53. The summed E-state index contributed by atoms with van der Waals surface area (Å²) >= 11 is 0. The van der Waals surface area contributed by atoms with E-state index >= 15 is 0 Å². The van der Waals surface area contributed by atoms with Crippen LogP contribution in [0.25, 0.3) is 0 Å². The van der Waals surface area contributed by atoms with E-state index in [0.29, 0.717) is 18.7 Å². The highest BCUT2D eigenvalue weighted by molar-refractivity contribution is 5.09. The molecular weight excluding hydrogens is 154 g/mol. The number of hydrogen-bond acceptors (Lipinski definition) is 3. The van der Waals surface area contributed by atoms with Crippen LogP contribution in [0.4, 0.5) is 0 Å². The van der Waals surface area contributed by atoms with Crippen LogP contribution < -0.4 is 5.73 Å². The Balaban J connectivity index is 2.47. The van der Waals surface area contributed by atoms with E-state index in [1.807, 2.05) is 13.0 Å². The summed E-state index contributed by atoms with van der Waals surface area (Å²) in [7, 11) is 0. The quantitative estimate of drug-likeness (QED) is 0.614. The second kappa shape index (κ2) is 4.23. The van der Waals surface area contributed by atoms with Gasteiger partial charge in [0.15, 0.2) is 0 Å². The summed E-state index contributed by atoms with van der Waals surface area (Å²) < 4.78 is 0. The van der Waals surface area contributed by atoms with Gasteiger partial charge in [0, 0.05) is 5.69 Å². The Bertz CT molecular complexity index is 234. The molecule has 12 heavy (non-hydrogen) atoms. The van der Waals surface area contributed by atoms with Gasteiger partial charge in [-0.15, -0.1) is 0 Å². The first-order valence-electron chi connectivity index (χ1n) is 4.14. The summed E-state index contributed by atoms with van der Waals surface area (Å²) in [5.41, 5.74) is 7.00. The molecule has 4 nitrogen and oxygen atoms in total. The van der Waals surface area contributed by atoms with Crippen molar-refractivity contribution >= 4 is 0 Å². The van der Waals surface area contributed by atoms with Gasteiger partial charge in [0.2, 0.25) is 0 Å². The van der Waals surface area contributed by atoms with Crippen LogP contribution in [0.3, 0.4) is 0 Å². The smallest absolute Gasteiger partial charge is 0.0978 e. The molecule has 1 heterocycles. The van der Waals surface area contributed by atoms with Crippen molar-refractivity contribution in [2.45, 2.75) is 25.9 Å². The van der Waals surface area contributed by atoms with Gasteiger partial charge < -0.3 is 10.8 Å². The van der Waals surface area contributed by atoms with E-state index < -0.39 is 6.10 Å². The first kappa shape index (κ1) is 9.22. The lowest BCUT2D eigenvalue weighted by Gasteiger charge is -2.04. The lowest BCUT2D eigenvalue weighted by atomic mass is 10.1. The minimum Gasteiger partial charge on any atom is -0.387 e. The van der Waals surface area contributed by atoms with Crippen LogP contribution in [0.2, 0.25) is 0 Å². The van der Waals surface area contributed by atoms with Crippen molar-refractivity contribution in [3.05, 3.63) is 17.5 Å². The maximum Gasteiger partial charge on any atom is 0.0978 e. The Hall–Kier alpha value is -0.870. The molecule has 1 aromatic heterocycles. The fourth-order valence-corrected chi connectivity index (χ4v) is 1.07.